The van der Waals surface area contributed by atoms with Gasteiger partial charge in [-0.1, -0.05) is 6.92 Å². The highest BCUT2D eigenvalue weighted by Crippen LogP contribution is 2.57. The molecular weight excluding hydrogens is 100 g/mol. The first kappa shape index (κ1) is 4.80. The van der Waals surface area contributed by atoms with E-state index in [2.05, 4.69) is 6.92 Å². The van der Waals surface area contributed by atoms with Crippen LogP contribution in [0.4, 0.5) is 0 Å². The van der Waals surface area contributed by atoms with Crippen LogP contribution in [0.3, 0.4) is 0 Å². The molecule has 2 fully saturated rings. The molecule has 1 aliphatic carbocycles. The highest BCUT2D eigenvalue weighted by molar-refractivity contribution is 5.01. The van der Waals surface area contributed by atoms with Gasteiger partial charge in [-0.3, -0.25) is 0 Å². The summed E-state index contributed by atoms with van der Waals surface area (Å²) in [6.07, 6.45) is 2.75. The van der Waals surface area contributed by atoms with Crippen molar-refractivity contribution in [2.75, 3.05) is 13.2 Å². The molecule has 0 bridgehead atoms. The third kappa shape index (κ3) is 0.455. The Morgan fingerprint density at radius 3 is 2.62 bits per heavy atom. The highest BCUT2D eigenvalue weighted by atomic mass is 16.5. The number of ether oxygens (including phenoxy) is 1. The molecule has 1 heteroatoms. The minimum Gasteiger partial charge on any atom is -0.381 e. The number of rotatable bonds is 0. The first-order valence-corrected chi connectivity index (χ1v) is 3.41. The molecule has 1 nitrogen and oxygen atoms in total. The zero-order valence-corrected chi connectivity index (χ0v) is 5.31. The monoisotopic (exact) mass is 112 g/mol. The van der Waals surface area contributed by atoms with Gasteiger partial charge in [-0.25, -0.2) is 0 Å². The van der Waals surface area contributed by atoms with Crippen LogP contribution in [0.15, 0.2) is 0 Å². The van der Waals surface area contributed by atoms with Crippen LogP contribution in [-0.2, 0) is 4.74 Å². The molecule has 2 rings (SSSR count). The van der Waals surface area contributed by atoms with Crippen LogP contribution in [0.1, 0.15) is 19.8 Å². The molecule has 1 saturated heterocycles. The summed E-state index contributed by atoms with van der Waals surface area (Å²) < 4.78 is 5.29. The molecule has 0 aromatic carbocycles. The van der Waals surface area contributed by atoms with E-state index in [1.54, 1.807) is 0 Å². The third-order valence-corrected chi connectivity index (χ3v) is 2.73. The van der Waals surface area contributed by atoms with Gasteiger partial charge in [0.25, 0.3) is 0 Å². The lowest BCUT2D eigenvalue weighted by Crippen LogP contribution is -1.99. The largest absolute Gasteiger partial charge is 0.381 e. The molecule has 0 amide bonds. The van der Waals surface area contributed by atoms with E-state index in [9.17, 15) is 0 Å². The molecule has 46 valence electrons. The van der Waals surface area contributed by atoms with Gasteiger partial charge >= 0.3 is 0 Å². The molecule has 1 unspecified atom stereocenters. The summed E-state index contributed by atoms with van der Waals surface area (Å²) in [5.74, 6) is 0.963. The molecule has 0 radical (unpaired) electrons. The Bertz CT molecular complexity index is 103. The Morgan fingerprint density at radius 1 is 1.62 bits per heavy atom. The lowest BCUT2D eigenvalue weighted by Gasteiger charge is -1.99. The zero-order chi connectivity index (χ0) is 5.61. The van der Waals surface area contributed by atoms with Crippen molar-refractivity contribution < 1.29 is 4.74 Å². The summed E-state index contributed by atoms with van der Waals surface area (Å²) in [4.78, 5) is 0. The maximum atomic E-state index is 5.29. The van der Waals surface area contributed by atoms with Crippen molar-refractivity contribution in [3.8, 4) is 0 Å². The average molecular weight is 112 g/mol. The van der Waals surface area contributed by atoms with Gasteiger partial charge in [0.15, 0.2) is 0 Å². The van der Waals surface area contributed by atoms with Crippen molar-refractivity contribution in [2.45, 2.75) is 19.8 Å². The van der Waals surface area contributed by atoms with Crippen molar-refractivity contribution in [1.29, 1.82) is 0 Å². The molecule has 1 aliphatic heterocycles. The van der Waals surface area contributed by atoms with Crippen LogP contribution in [0.2, 0.25) is 0 Å². The first-order chi connectivity index (χ1) is 3.83. The predicted molar refractivity (Wildman–Crippen MR) is 31.6 cm³/mol. The quantitative estimate of drug-likeness (QED) is 0.460. The SMILES string of the molecule is C[C@@H]1CC12CCOC2. The van der Waals surface area contributed by atoms with Crippen molar-refractivity contribution in [1.82, 2.24) is 0 Å². The summed E-state index contributed by atoms with van der Waals surface area (Å²) in [5.41, 5.74) is 0.681. The molecule has 0 aromatic heterocycles. The maximum absolute atomic E-state index is 5.29. The van der Waals surface area contributed by atoms with Crippen molar-refractivity contribution in [3.05, 3.63) is 0 Å². The van der Waals surface area contributed by atoms with Gasteiger partial charge in [0.05, 0.1) is 6.61 Å². The van der Waals surface area contributed by atoms with Gasteiger partial charge in [0.2, 0.25) is 0 Å². The fraction of sp³-hybridized carbons (Fsp3) is 1.00. The van der Waals surface area contributed by atoms with E-state index in [1.807, 2.05) is 0 Å². The molecular formula is C7H12O. The van der Waals surface area contributed by atoms with E-state index in [0.717, 1.165) is 19.1 Å². The fourth-order valence-corrected chi connectivity index (χ4v) is 1.72. The van der Waals surface area contributed by atoms with E-state index in [1.165, 1.54) is 12.8 Å². The molecule has 8 heavy (non-hydrogen) atoms. The Hall–Kier alpha value is -0.0400. The second-order valence-corrected chi connectivity index (χ2v) is 3.27. The van der Waals surface area contributed by atoms with Gasteiger partial charge in [-0.2, -0.15) is 0 Å². The van der Waals surface area contributed by atoms with Gasteiger partial charge in [0, 0.05) is 6.61 Å². The average Bonchev–Trinajstić information content (AvgIpc) is 2.29. The van der Waals surface area contributed by atoms with E-state index >= 15 is 0 Å². The van der Waals surface area contributed by atoms with Gasteiger partial charge in [-0.05, 0) is 24.2 Å². The van der Waals surface area contributed by atoms with Gasteiger partial charge in [0.1, 0.15) is 0 Å². The van der Waals surface area contributed by atoms with Crippen LogP contribution < -0.4 is 0 Å². The Balaban J connectivity index is 2.06. The predicted octanol–water partition coefficient (Wildman–Crippen LogP) is 1.43. The lowest BCUT2D eigenvalue weighted by molar-refractivity contribution is 0.179. The molecule has 2 aliphatic rings. The summed E-state index contributed by atoms with van der Waals surface area (Å²) in [6, 6.07) is 0. The molecule has 1 saturated carbocycles. The molecule has 0 aromatic rings. The summed E-state index contributed by atoms with van der Waals surface area (Å²) in [6.45, 7) is 4.40. The van der Waals surface area contributed by atoms with E-state index in [-0.39, 0.29) is 0 Å². The van der Waals surface area contributed by atoms with Crippen LogP contribution in [0, 0.1) is 11.3 Å². The fourth-order valence-electron chi connectivity index (χ4n) is 1.72. The zero-order valence-electron chi connectivity index (χ0n) is 5.31. The lowest BCUT2D eigenvalue weighted by atomic mass is 10.0. The van der Waals surface area contributed by atoms with Crippen LogP contribution >= 0.6 is 0 Å². The van der Waals surface area contributed by atoms with Crippen molar-refractivity contribution in [3.63, 3.8) is 0 Å². The molecule has 2 atom stereocenters. The van der Waals surface area contributed by atoms with Crippen LogP contribution in [-0.4, -0.2) is 13.2 Å². The smallest absolute Gasteiger partial charge is 0.0525 e. The Kier molecular flexibility index (Phi) is 0.762. The van der Waals surface area contributed by atoms with Crippen molar-refractivity contribution in [2.24, 2.45) is 11.3 Å². The highest BCUT2D eigenvalue weighted by Gasteiger charge is 2.52. The minimum absolute atomic E-state index is 0.681. The topological polar surface area (TPSA) is 9.23 Å². The third-order valence-electron chi connectivity index (χ3n) is 2.73. The standard InChI is InChI=1S/C7H12O/c1-6-4-7(6)2-3-8-5-7/h6H,2-5H2,1H3/t6-,7?/m1/s1. The number of hydrogen-bond acceptors (Lipinski definition) is 1. The molecule has 1 heterocycles. The van der Waals surface area contributed by atoms with E-state index in [0.29, 0.717) is 5.41 Å². The molecule has 0 N–H and O–H groups in total. The molecule has 1 spiro atoms. The maximum Gasteiger partial charge on any atom is 0.0525 e. The van der Waals surface area contributed by atoms with E-state index < -0.39 is 0 Å². The van der Waals surface area contributed by atoms with Crippen molar-refractivity contribution >= 4 is 0 Å². The normalized spacial score (nSPS) is 52.9. The van der Waals surface area contributed by atoms with Crippen LogP contribution in [0.25, 0.3) is 0 Å². The van der Waals surface area contributed by atoms with Gasteiger partial charge < -0.3 is 4.74 Å². The Morgan fingerprint density at radius 2 is 2.38 bits per heavy atom. The minimum atomic E-state index is 0.681. The van der Waals surface area contributed by atoms with Gasteiger partial charge in [-0.15, -0.1) is 0 Å². The second kappa shape index (κ2) is 1.27. The Labute approximate surface area is 50.0 Å². The summed E-state index contributed by atoms with van der Waals surface area (Å²) in [5, 5.41) is 0. The first-order valence-electron chi connectivity index (χ1n) is 3.41. The summed E-state index contributed by atoms with van der Waals surface area (Å²) >= 11 is 0. The van der Waals surface area contributed by atoms with E-state index in [4.69, 9.17) is 4.74 Å². The van der Waals surface area contributed by atoms with Crippen LogP contribution in [0.5, 0.6) is 0 Å². The summed E-state index contributed by atoms with van der Waals surface area (Å²) in [7, 11) is 0. The number of hydrogen-bond donors (Lipinski definition) is 0. The second-order valence-electron chi connectivity index (χ2n) is 3.27.